The summed E-state index contributed by atoms with van der Waals surface area (Å²) in [7, 11) is 0. The zero-order chi connectivity index (χ0) is 26.7. The second-order valence-corrected chi connectivity index (χ2v) is 8.62. The average molecular weight is 496 g/mol. The van der Waals surface area contributed by atoms with Crippen LogP contribution in [-0.4, -0.2) is 44.6 Å². The highest BCUT2D eigenvalue weighted by atomic mass is 16.6. The Morgan fingerprint density at radius 3 is 2.17 bits per heavy atom. The number of rotatable bonds is 3. The predicted octanol–water partition coefficient (Wildman–Crippen LogP) is -0.0986. The first kappa shape index (κ1) is 24.7. The Kier molecular flexibility index (Phi) is 5.74. The van der Waals surface area contributed by atoms with Crippen LogP contribution in [0.4, 0.5) is 0 Å². The molecule has 0 aromatic heterocycles. The van der Waals surface area contributed by atoms with E-state index in [2.05, 4.69) is 4.79 Å². The minimum Gasteiger partial charge on any atom is -0.507 e. The maximum Gasteiger partial charge on any atom is 0.333 e. The van der Waals surface area contributed by atoms with E-state index in [4.69, 9.17) is 14.2 Å². The molecule has 0 heterocycles. The van der Waals surface area contributed by atoms with Crippen molar-refractivity contribution in [3.8, 4) is 5.75 Å². The molecule has 4 atom stereocenters. The number of phenols is 1. The first-order valence-electron chi connectivity index (χ1n) is 10.7. The van der Waals surface area contributed by atoms with Crippen molar-refractivity contribution in [1.29, 1.82) is 0 Å². The van der Waals surface area contributed by atoms with Crippen LogP contribution in [0.1, 0.15) is 51.0 Å². The van der Waals surface area contributed by atoms with Gasteiger partial charge in [-0.25, -0.2) is 0 Å². The molecular weight excluding hydrogens is 476 g/mol. The van der Waals surface area contributed by atoms with Crippen molar-refractivity contribution in [2.45, 2.75) is 51.6 Å². The maximum atomic E-state index is 13.6. The lowest BCUT2D eigenvalue weighted by molar-refractivity contribution is -0.228. The highest BCUT2D eigenvalue weighted by Gasteiger charge is 2.59. The molecule has 0 aliphatic heterocycles. The van der Waals surface area contributed by atoms with Gasteiger partial charge in [0.1, 0.15) is 17.1 Å². The molecule has 2 N–H and O–H groups in total. The largest absolute Gasteiger partial charge is 0.507 e. The van der Waals surface area contributed by atoms with Gasteiger partial charge in [-0.1, -0.05) is 12.1 Å². The van der Waals surface area contributed by atoms with Crippen molar-refractivity contribution in [2.75, 3.05) is 0 Å². The second kappa shape index (κ2) is 8.36. The minimum absolute atomic E-state index is 0.182. The number of hydrogen-bond acceptors (Lipinski definition) is 10. The van der Waals surface area contributed by atoms with Crippen LogP contribution in [0.15, 0.2) is 27.8 Å². The van der Waals surface area contributed by atoms with Crippen molar-refractivity contribution >= 4 is 28.7 Å². The molecule has 12 heteroatoms. The Labute approximate surface area is 201 Å². The molecule has 0 unspecified atom stereocenters. The van der Waals surface area contributed by atoms with E-state index in [1.807, 2.05) is 0 Å². The average Bonchev–Trinajstić information content (AvgIpc) is 3.13. The first-order valence-corrected chi connectivity index (χ1v) is 10.7. The summed E-state index contributed by atoms with van der Waals surface area (Å²) in [4.78, 5) is 66.3. The van der Waals surface area contributed by atoms with Crippen molar-refractivity contribution in [1.82, 2.24) is 0 Å². The van der Waals surface area contributed by atoms with Crippen LogP contribution in [0, 0.1) is 10.4 Å². The number of nitrogens with zero attached hydrogens (tertiary/aromatic N) is 2. The van der Waals surface area contributed by atoms with E-state index >= 15 is 0 Å². The van der Waals surface area contributed by atoms with E-state index in [1.165, 1.54) is 25.1 Å². The number of esters is 3. The van der Waals surface area contributed by atoms with Crippen LogP contribution in [0.25, 0.3) is 16.3 Å². The van der Waals surface area contributed by atoms with Gasteiger partial charge in [0.25, 0.3) is 0 Å². The number of carbonyl (C=O) groups excluding carboxylic acids is 3. The highest BCUT2D eigenvalue weighted by Crippen LogP contribution is 2.47. The smallest absolute Gasteiger partial charge is 0.333 e. The molecule has 0 saturated carbocycles. The van der Waals surface area contributed by atoms with Gasteiger partial charge >= 0.3 is 23.3 Å². The molecule has 1 aromatic rings. The standard InChI is InChI=1S/C24H20N2O10/c1-8(27)34-21-15-14-16(20(32)13-11(19(14)31)6-5-7-12(13)30)18(26-25)17(15)22(33)24(4,36-10(3)29)23(21)35-9(2)28/h5-7,21-23,30,33H,1-4H3/t21-,22+,23+,24+/m0/s1. The number of phenolic OH excluding ortho intramolecular Hbond substituents is 1. The molecule has 0 saturated heterocycles. The van der Waals surface area contributed by atoms with Crippen LogP contribution < -0.4 is 16.2 Å². The second-order valence-electron chi connectivity index (χ2n) is 8.62. The summed E-state index contributed by atoms with van der Waals surface area (Å²) in [6.07, 6.45) is -5.24. The number of carbonyl (C=O) groups is 3. The number of aromatic hydroxyl groups is 1. The molecule has 0 bridgehead atoms. The Hall–Kier alpha value is -4.41. The molecular formula is C24H20N2O10. The van der Waals surface area contributed by atoms with Crippen molar-refractivity contribution < 1.29 is 43.6 Å². The molecule has 3 aliphatic carbocycles. The van der Waals surface area contributed by atoms with E-state index in [0.29, 0.717) is 0 Å². The highest BCUT2D eigenvalue weighted by molar-refractivity contribution is 5.88. The quantitative estimate of drug-likeness (QED) is 0.214. The molecule has 4 rings (SSSR count). The van der Waals surface area contributed by atoms with E-state index in [0.717, 1.165) is 20.8 Å². The SMILES string of the molecule is CC(=O)O[C@@H]1[C@@H](OC(C)=O)c2c(c(=[N+]=[N-])c3c(=O)c4c(O)cccc4c(=O)c2=3)[C@@H](O)[C@@]1(C)OC(C)=O. The van der Waals surface area contributed by atoms with Crippen LogP contribution in [-0.2, 0) is 28.6 Å². The Balaban J connectivity index is 2.31. The Morgan fingerprint density at radius 2 is 1.61 bits per heavy atom. The lowest BCUT2D eigenvalue weighted by Gasteiger charge is -2.45. The van der Waals surface area contributed by atoms with Crippen LogP contribution in [0.3, 0.4) is 0 Å². The predicted molar refractivity (Wildman–Crippen MR) is 118 cm³/mol. The molecule has 12 nitrogen and oxygen atoms in total. The van der Waals surface area contributed by atoms with E-state index in [9.17, 15) is 39.7 Å². The summed E-state index contributed by atoms with van der Waals surface area (Å²) in [6.45, 7) is 4.29. The van der Waals surface area contributed by atoms with Crippen LogP contribution in [0.5, 0.6) is 5.75 Å². The minimum atomic E-state index is -2.11. The molecule has 0 amide bonds. The number of fused-ring (bicyclic) bond motifs is 3. The summed E-state index contributed by atoms with van der Waals surface area (Å²) in [5, 5.41) is 19.8. The number of aliphatic hydroxyl groups is 1. The first-order chi connectivity index (χ1) is 16.8. The van der Waals surface area contributed by atoms with Gasteiger partial charge in [-0.3, -0.25) is 24.0 Å². The summed E-state index contributed by atoms with van der Waals surface area (Å²) < 4.78 is 16.1. The molecule has 0 fully saturated rings. The van der Waals surface area contributed by atoms with Crippen molar-refractivity contribution in [2.24, 2.45) is 0 Å². The van der Waals surface area contributed by atoms with Crippen LogP contribution in [0.2, 0.25) is 0 Å². The maximum absolute atomic E-state index is 13.6. The third kappa shape index (κ3) is 3.38. The van der Waals surface area contributed by atoms with Gasteiger partial charge in [0, 0.05) is 36.9 Å². The van der Waals surface area contributed by atoms with E-state index in [-0.39, 0.29) is 27.1 Å². The third-order valence-electron chi connectivity index (χ3n) is 6.26. The Morgan fingerprint density at radius 1 is 0.972 bits per heavy atom. The van der Waals surface area contributed by atoms with Gasteiger partial charge in [0.15, 0.2) is 23.2 Å². The number of benzene rings is 1. The third-order valence-corrected chi connectivity index (χ3v) is 6.26. The van der Waals surface area contributed by atoms with E-state index < -0.39 is 69.0 Å². The number of aliphatic hydroxyl groups excluding tert-OH is 1. The van der Waals surface area contributed by atoms with E-state index in [1.54, 1.807) is 0 Å². The molecule has 186 valence electrons. The molecule has 36 heavy (non-hydrogen) atoms. The monoisotopic (exact) mass is 496 g/mol. The Bertz CT molecular complexity index is 1710. The number of ether oxygens (including phenoxy) is 3. The fourth-order valence-electron chi connectivity index (χ4n) is 4.99. The van der Waals surface area contributed by atoms with Crippen molar-refractivity contribution in [3.05, 3.63) is 71.1 Å². The fourth-order valence-corrected chi connectivity index (χ4v) is 4.99. The molecule has 0 spiro atoms. The molecule has 3 aliphatic rings. The van der Waals surface area contributed by atoms with Gasteiger partial charge < -0.3 is 30.0 Å². The summed E-state index contributed by atoms with van der Waals surface area (Å²) in [5.74, 6) is -3.19. The summed E-state index contributed by atoms with van der Waals surface area (Å²) in [6, 6.07) is 3.83. The normalized spacial score (nSPS) is 23.1. The van der Waals surface area contributed by atoms with Crippen molar-refractivity contribution in [3.63, 3.8) is 0 Å². The van der Waals surface area contributed by atoms with Gasteiger partial charge in [-0.05, 0) is 13.0 Å². The van der Waals surface area contributed by atoms with Gasteiger partial charge in [0.2, 0.25) is 5.43 Å². The van der Waals surface area contributed by atoms with Crippen LogP contribution >= 0.6 is 0 Å². The summed E-state index contributed by atoms with van der Waals surface area (Å²) >= 11 is 0. The topological polar surface area (TPSA) is 190 Å². The number of hydrogen-bond donors (Lipinski definition) is 2. The molecule has 0 radical (unpaired) electrons. The van der Waals surface area contributed by atoms with Gasteiger partial charge in [-0.15, -0.1) is 0 Å². The van der Waals surface area contributed by atoms with Gasteiger partial charge in [0.05, 0.1) is 10.9 Å². The zero-order valence-corrected chi connectivity index (χ0v) is 19.5. The lowest BCUT2D eigenvalue weighted by atomic mass is 9.75. The lowest BCUT2D eigenvalue weighted by Crippen LogP contribution is -2.57. The van der Waals surface area contributed by atoms with Gasteiger partial charge in [-0.2, -0.15) is 4.79 Å². The fraction of sp³-hybridized carbons (Fsp3) is 0.333. The molecule has 1 aromatic carbocycles. The zero-order valence-electron chi connectivity index (χ0n) is 19.5. The summed E-state index contributed by atoms with van der Waals surface area (Å²) in [5.41, 5.74) is 5.50.